The van der Waals surface area contributed by atoms with Crippen LogP contribution < -0.4 is 0 Å². The van der Waals surface area contributed by atoms with Crippen LogP contribution >= 0.6 is 0 Å². The van der Waals surface area contributed by atoms with Crippen LogP contribution in [0.2, 0.25) is 0 Å². The van der Waals surface area contributed by atoms with E-state index in [1.807, 2.05) is 0 Å². The fourth-order valence-electron chi connectivity index (χ4n) is 2.30. The smallest absolute Gasteiger partial charge is 0.305 e. The molecule has 6 nitrogen and oxygen atoms in total. The molecule has 2 aromatic rings. The predicted octanol–water partition coefficient (Wildman–Crippen LogP) is 2.82. The zero-order valence-electron chi connectivity index (χ0n) is 14.3. The van der Waals surface area contributed by atoms with Crippen LogP contribution in [-0.4, -0.2) is 42.5 Å². The average Bonchev–Trinajstić information content (AvgIpc) is 3.08. The second kappa shape index (κ2) is 8.96. The maximum atomic E-state index is 13.7. The molecule has 1 heterocycles. The number of hydrogen-bond acceptors (Lipinski definition) is 5. The number of oxazole rings is 1. The lowest BCUT2D eigenvalue weighted by Crippen LogP contribution is -2.28. The Labute approximate surface area is 145 Å². The van der Waals surface area contributed by atoms with Crippen LogP contribution in [-0.2, 0) is 20.7 Å². The van der Waals surface area contributed by atoms with Crippen LogP contribution in [0, 0.1) is 5.82 Å². The molecule has 0 saturated heterocycles. The first-order chi connectivity index (χ1) is 12.0. The summed E-state index contributed by atoms with van der Waals surface area (Å²) in [4.78, 5) is 28.8. The van der Waals surface area contributed by atoms with Crippen molar-refractivity contribution in [2.24, 2.45) is 0 Å². The van der Waals surface area contributed by atoms with E-state index in [0.29, 0.717) is 36.6 Å². The van der Waals surface area contributed by atoms with Crippen molar-refractivity contribution in [3.05, 3.63) is 42.2 Å². The molecule has 1 amide bonds. The Bertz CT molecular complexity index is 729. The van der Waals surface area contributed by atoms with Gasteiger partial charge in [0.25, 0.3) is 0 Å². The van der Waals surface area contributed by atoms with Crippen LogP contribution in [0.1, 0.15) is 25.2 Å². The molecule has 0 aliphatic heterocycles. The highest BCUT2D eigenvalue weighted by Gasteiger charge is 2.14. The van der Waals surface area contributed by atoms with Gasteiger partial charge >= 0.3 is 5.97 Å². The Morgan fingerprint density at radius 2 is 2.04 bits per heavy atom. The molecular weight excluding hydrogens is 327 g/mol. The third-order valence-corrected chi connectivity index (χ3v) is 3.77. The topological polar surface area (TPSA) is 72.6 Å². The summed E-state index contributed by atoms with van der Waals surface area (Å²) in [6, 6.07) is 6.28. The number of aryl methyl sites for hydroxylation is 1. The van der Waals surface area contributed by atoms with Crippen molar-refractivity contribution in [2.45, 2.75) is 25.7 Å². The number of benzene rings is 1. The van der Waals surface area contributed by atoms with E-state index in [0.717, 1.165) is 0 Å². The van der Waals surface area contributed by atoms with Crippen molar-refractivity contribution in [1.29, 1.82) is 0 Å². The van der Waals surface area contributed by atoms with E-state index in [-0.39, 0.29) is 30.5 Å². The molecule has 0 unspecified atom stereocenters. The number of halogens is 1. The Morgan fingerprint density at radius 1 is 1.28 bits per heavy atom. The quantitative estimate of drug-likeness (QED) is 0.686. The van der Waals surface area contributed by atoms with Crippen molar-refractivity contribution < 1.29 is 23.1 Å². The number of aromatic nitrogens is 1. The van der Waals surface area contributed by atoms with Crippen molar-refractivity contribution in [1.82, 2.24) is 9.88 Å². The molecule has 0 N–H and O–H groups in total. The number of nitrogens with zero attached hydrogens (tertiary/aromatic N) is 2. The number of carbonyl (C=O) groups is 2. The molecule has 134 valence electrons. The summed E-state index contributed by atoms with van der Waals surface area (Å²) >= 11 is 0. The van der Waals surface area contributed by atoms with Crippen LogP contribution in [0.25, 0.3) is 11.3 Å². The van der Waals surface area contributed by atoms with Gasteiger partial charge in [0.05, 0.1) is 18.9 Å². The van der Waals surface area contributed by atoms with Gasteiger partial charge < -0.3 is 14.1 Å². The molecule has 0 saturated carbocycles. The van der Waals surface area contributed by atoms with Gasteiger partial charge in [-0.3, -0.25) is 9.59 Å². The number of amides is 1. The van der Waals surface area contributed by atoms with E-state index in [2.05, 4.69) is 9.72 Å². The Hall–Kier alpha value is -2.70. The SMILES string of the molecule is COC(=O)CCCN(C)C(=O)CCc1ncc(-c2ccccc2F)o1. The number of hydrogen-bond donors (Lipinski definition) is 0. The summed E-state index contributed by atoms with van der Waals surface area (Å²) in [6.07, 6.45) is 2.84. The van der Waals surface area contributed by atoms with Gasteiger partial charge in [-0.2, -0.15) is 0 Å². The van der Waals surface area contributed by atoms with Gasteiger partial charge in [-0.15, -0.1) is 0 Å². The number of esters is 1. The van der Waals surface area contributed by atoms with Crippen molar-refractivity contribution in [2.75, 3.05) is 20.7 Å². The molecule has 0 spiro atoms. The highest BCUT2D eigenvalue weighted by atomic mass is 19.1. The molecule has 0 aliphatic rings. The lowest BCUT2D eigenvalue weighted by Gasteiger charge is -2.16. The van der Waals surface area contributed by atoms with E-state index in [4.69, 9.17) is 4.42 Å². The summed E-state index contributed by atoms with van der Waals surface area (Å²) in [7, 11) is 3.02. The van der Waals surface area contributed by atoms with Gasteiger partial charge in [-0.05, 0) is 18.6 Å². The van der Waals surface area contributed by atoms with Gasteiger partial charge in [0.1, 0.15) is 5.82 Å². The molecule has 0 fully saturated rings. The summed E-state index contributed by atoms with van der Waals surface area (Å²) in [5.74, 6) is -0.0232. The van der Waals surface area contributed by atoms with Crippen LogP contribution in [0.3, 0.4) is 0 Å². The van der Waals surface area contributed by atoms with E-state index in [1.165, 1.54) is 19.4 Å². The molecule has 1 aromatic carbocycles. The molecule has 25 heavy (non-hydrogen) atoms. The fourth-order valence-corrected chi connectivity index (χ4v) is 2.30. The van der Waals surface area contributed by atoms with Gasteiger partial charge in [-0.25, -0.2) is 9.37 Å². The molecule has 0 radical (unpaired) electrons. The number of carbonyl (C=O) groups excluding carboxylic acids is 2. The minimum atomic E-state index is -0.383. The Balaban J connectivity index is 1.82. The van der Waals surface area contributed by atoms with Crippen molar-refractivity contribution in [3.8, 4) is 11.3 Å². The third kappa shape index (κ3) is 5.41. The zero-order valence-corrected chi connectivity index (χ0v) is 14.3. The normalized spacial score (nSPS) is 10.5. The molecule has 0 atom stereocenters. The monoisotopic (exact) mass is 348 g/mol. The molecule has 0 aliphatic carbocycles. The van der Waals surface area contributed by atoms with Crippen LogP contribution in [0.4, 0.5) is 4.39 Å². The van der Waals surface area contributed by atoms with Crippen LogP contribution in [0.15, 0.2) is 34.9 Å². The molecule has 7 heteroatoms. The molecule has 2 rings (SSSR count). The third-order valence-electron chi connectivity index (χ3n) is 3.77. The number of methoxy groups -OCH3 is 1. The average molecular weight is 348 g/mol. The van der Waals surface area contributed by atoms with Crippen molar-refractivity contribution >= 4 is 11.9 Å². The summed E-state index contributed by atoms with van der Waals surface area (Å²) in [5, 5.41) is 0. The highest BCUT2D eigenvalue weighted by molar-refractivity contribution is 5.76. The minimum absolute atomic E-state index is 0.0736. The van der Waals surface area contributed by atoms with Gasteiger partial charge in [0.15, 0.2) is 11.7 Å². The van der Waals surface area contributed by atoms with Crippen LogP contribution in [0.5, 0.6) is 0 Å². The van der Waals surface area contributed by atoms with Gasteiger partial charge in [0.2, 0.25) is 5.91 Å². The first kappa shape index (κ1) is 18.6. The lowest BCUT2D eigenvalue weighted by atomic mass is 10.2. The van der Waals surface area contributed by atoms with E-state index >= 15 is 0 Å². The minimum Gasteiger partial charge on any atom is -0.469 e. The highest BCUT2D eigenvalue weighted by Crippen LogP contribution is 2.23. The number of ether oxygens (including phenoxy) is 1. The van der Waals surface area contributed by atoms with E-state index in [9.17, 15) is 14.0 Å². The van der Waals surface area contributed by atoms with Crippen molar-refractivity contribution in [3.63, 3.8) is 0 Å². The molecule has 1 aromatic heterocycles. The Morgan fingerprint density at radius 3 is 2.76 bits per heavy atom. The van der Waals surface area contributed by atoms with E-state index < -0.39 is 0 Å². The first-order valence-corrected chi connectivity index (χ1v) is 8.01. The van der Waals surface area contributed by atoms with Gasteiger partial charge in [0, 0.05) is 32.9 Å². The zero-order chi connectivity index (χ0) is 18.2. The second-order valence-electron chi connectivity index (χ2n) is 5.59. The first-order valence-electron chi connectivity index (χ1n) is 8.01. The second-order valence-corrected chi connectivity index (χ2v) is 5.59. The molecule has 0 bridgehead atoms. The maximum Gasteiger partial charge on any atom is 0.305 e. The fraction of sp³-hybridized carbons (Fsp3) is 0.389. The summed E-state index contributed by atoms with van der Waals surface area (Å²) in [5.41, 5.74) is 0.340. The summed E-state index contributed by atoms with van der Waals surface area (Å²) in [6.45, 7) is 0.472. The summed E-state index contributed by atoms with van der Waals surface area (Å²) < 4.78 is 23.8. The van der Waals surface area contributed by atoms with E-state index in [1.54, 1.807) is 30.1 Å². The maximum absolute atomic E-state index is 13.7. The predicted molar refractivity (Wildman–Crippen MR) is 89.1 cm³/mol. The Kier molecular flexibility index (Phi) is 6.68. The standard InChI is InChI=1S/C18H21FN2O4/c1-21(11-5-8-18(23)24-2)17(22)10-9-16-20-12-15(25-16)13-6-3-4-7-14(13)19/h3-4,6-7,12H,5,8-11H2,1-2H3. The molecular formula is C18H21FN2O4. The van der Waals surface area contributed by atoms with Gasteiger partial charge in [-0.1, -0.05) is 12.1 Å². The number of rotatable bonds is 8. The lowest BCUT2D eigenvalue weighted by molar-refractivity contribution is -0.141. The largest absolute Gasteiger partial charge is 0.469 e.